The topological polar surface area (TPSA) is 67.3 Å². The van der Waals surface area contributed by atoms with Crippen LogP contribution in [0.1, 0.15) is 10.4 Å². The number of imidazole rings is 1. The number of rotatable bonds is 2. The van der Waals surface area contributed by atoms with E-state index in [0.29, 0.717) is 16.6 Å². The minimum atomic E-state index is -0.298. The van der Waals surface area contributed by atoms with E-state index >= 15 is 0 Å². The van der Waals surface area contributed by atoms with Gasteiger partial charge in [0.05, 0.1) is 23.7 Å². The van der Waals surface area contributed by atoms with Gasteiger partial charge in [0.25, 0.3) is 5.91 Å². The number of hydroxylamine groups is 2. The first-order valence-electron chi connectivity index (χ1n) is 5.06. The molecule has 1 N–H and O–H groups in total. The number of para-hydroxylation sites is 1. The molecule has 17 heavy (non-hydrogen) atoms. The van der Waals surface area contributed by atoms with Gasteiger partial charge in [-0.25, -0.2) is 9.86 Å². The van der Waals surface area contributed by atoms with Crippen LogP contribution in [0.2, 0.25) is 0 Å². The molecule has 0 aliphatic heterocycles. The lowest BCUT2D eigenvalue weighted by atomic mass is 10.1. The molecule has 6 nitrogen and oxygen atoms in total. The number of hydrogen-bond acceptors (Lipinski definition) is 3. The lowest BCUT2D eigenvalue weighted by Crippen LogP contribution is -2.26. The Kier molecular flexibility index (Phi) is 2.72. The largest absolute Gasteiger partial charge is 0.326 e. The molecule has 0 fully saturated rings. The molecule has 0 atom stereocenters. The molecule has 0 spiro atoms. The summed E-state index contributed by atoms with van der Waals surface area (Å²) in [5.74, 6) is -0.298. The SMILES string of the molecule is CON(C)C(=O)c1cccc2[nH]c(=O)n(C)c12. The van der Waals surface area contributed by atoms with Crippen molar-refractivity contribution in [3.63, 3.8) is 0 Å². The van der Waals surface area contributed by atoms with E-state index in [1.807, 2.05) is 0 Å². The predicted octanol–water partition coefficient (Wildman–Crippen LogP) is 0.500. The second-order valence-corrected chi connectivity index (χ2v) is 3.68. The Morgan fingerprint density at radius 1 is 1.47 bits per heavy atom. The van der Waals surface area contributed by atoms with Crippen molar-refractivity contribution in [2.75, 3.05) is 14.2 Å². The van der Waals surface area contributed by atoms with Crippen molar-refractivity contribution in [2.24, 2.45) is 7.05 Å². The van der Waals surface area contributed by atoms with E-state index in [-0.39, 0.29) is 11.6 Å². The van der Waals surface area contributed by atoms with E-state index in [1.54, 1.807) is 25.2 Å². The Hall–Kier alpha value is -2.08. The summed E-state index contributed by atoms with van der Waals surface area (Å²) in [6, 6.07) is 5.13. The maximum atomic E-state index is 12.0. The normalized spacial score (nSPS) is 10.8. The van der Waals surface area contributed by atoms with Crippen molar-refractivity contribution in [2.45, 2.75) is 0 Å². The number of aromatic amines is 1. The van der Waals surface area contributed by atoms with Crippen LogP contribution in [0, 0.1) is 0 Å². The van der Waals surface area contributed by atoms with Crippen LogP contribution < -0.4 is 5.69 Å². The quantitative estimate of drug-likeness (QED) is 0.771. The molecule has 1 amide bonds. The highest BCUT2D eigenvalue weighted by molar-refractivity contribution is 6.04. The Morgan fingerprint density at radius 2 is 2.18 bits per heavy atom. The summed E-state index contributed by atoms with van der Waals surface area (Å²) in [6.45, 7) is 0. The van der Waals surface area contributed by atoms with Crippen LogP contribution in [0.4, 0.5) is 0 Å². The monoisotopic (exact) mass is 235 g/mol. The Balaban J connectivity index is 2.70. The second kappa shape index (κ2) is 4.06. The van der Waals surface area contributed by atoms with Gasteiger partial charge in [-0.15, -0.1) is 0 Å². The molecule has 0 unspecified atom stereocenters. The number of H-pyrrole nitrogens is 1. The smallest absolute Gasteiger partial charge is 0.306 e. The van der Waals surface area contributed by atoms with Crippen molar-refractivity contribution >= 4 is 16.9 Å². The summed E-state index contributed by atoms with van der Waals surface area (Å²) in [4.78, 5) is 31.0. The van der Waals surface area contributed by atoms with Gasteiger partial charge in [-0.05, 0) is 12.1 Å². The molecule has 0 bridgehead atoms. The Labute approximate surface area is 97.4 Å². The number of carbonyl (C=O) groups excluding carboxylic acids is 1. The van der Waals surface area contributed by atoms with E-state index in [4.69, 9.17) is 4.84 Å². The lowest BCUT2D eigenvalue weighted by molar-refractivity contribution is -0.0755. The number of amides is 1. The minimum Gasteiger partial charge on any atom is -0.306 e. The standard InChI is InChI=1S/C11H13N3O3/c1-13-9-7(10(15)14(2)17-3)5-4-6-8(9)12-11(13)16/h4-6H,1-3H3,(H,12,16). The second-order valence-electron chi connectivity index (χ2n) is 3.68. The van der Waals surface area contributed by atoms with Gasteiger partial charge in [-0.1, -0.05) is 6.07 Å². The first-order chi connectivity index (χ1) is 8.06. The minimum absolute atomic E-state index is 0.250. The number of hydrogen-bond donors (Lipinski definition) is 1. The van der Waals surface area contributed by atoms with Crippen LogP contribution in [0.25, 0.3) is 11.0 Å². The van der Waals surface area contributed by atoms with Gasteiger partial charge in [0.2, 0.25) is 0 Å². The van der Waals surface area contributed by atoms with Gasteiger partial charge in [-0.2, -0.15) is 0 Å². The molecule has 1 aromatic carbocycles. The van der Waals surface area contributed by atoms with Crippen LogP contribution in [0.3, 0.4) is 0 Å². The van der Waals surface area contributed by atoms with E-state index in [0.717, 1.165) is 5.06 Å². The van der Waals surface area contributed by atoms with Gasteiger partial charge in [0, 0.05) is 14.1 Å². The van der Waals surface area contributed by atoms with Crippen molar-refractivity contribution in [1.29, 1.82) is 0 Å². The highest BCUT2D eigenvalue weighted by Crippen LogP contribution is 2.16. The summed E-state index contributed by atoms with van der Waals surface area (Å²) < 4.78 is 1.41. The maximum Gasteiger partial charge on any atom is 0.326 e. The molecule has 0 saturated carbocycles. The zero-order chi connectivity index (χ0) is 12.6. The molecule has 2 aromatic rings. The number of benzene rings is 1. The maximum absolute atomic E-state index is 12.0. The number of aryl methyl sites for hydroxylation is 1. The van der Waals surface area contributed by atoms with E-state index in [1.165, 1.54) is 18.7 Å². The summed E-state index contributed by atoms with van der Waals surface area (Å²) in [6.07, 6.45) is 0. The van der Waals surface area contributed by atoms with Crippen LogP contribution in [0.5, 0.6) is 0 Å². The molecule has 90 valence electrons. The number of nitrogens with one attached hydrogen (secondary N) is 1. The first-order valence-corrected chi connectivity index (χ1v) is 5.06. The summed E-state index contributed by atoms with van der Waals surface area (Å²) in [5.41, 5.74) is 1.38. The summed E-state index contributed by atoms with van der Waals surface area (Å²) in [5, 5.41) is 1.12. The average Bonchev–Trinajstić information content (AvgIpc) is 2.63. The van der Waals surface area contributed by atoms with Crippen molar-refractivity contribution < 1.29 is 9.63 Å². The van der Waals surface area contributed by atoms with E-state index in [2.05, 4.69) is 4.98 Å². The fourth-order valence-electron chi connectivity index (χ4n) is 1.73. The molecule has 0 aliphatic carbocycles. The summed E-state index contributed by atoms with van der Waals surface area (Å²) >= 11 is 0. The van der Waals surface area contributed by atoms with Crippen LogP contribution in [0.15, 0.2) is 23.0 Å². The first kappa shape index (κ1) is 11.4. The molecular formula is C11H13N3O3. The molecule has 0 saturated heterocycles. The zero-order valence-electron chi connectivity index (χ0n) is 9.85. The molecule has 1 aromatic heterocycles. The molecule has 1 heterocycles. The third-order valence-electron chi connectivity index (χ3n) is 2.71. The number of aromatic nitrogens is 2. The van der Waals surface area contributed by atoms with Crippen molar-refractivity contribution in [3.05, 3.63) is 34.2 Å². The lowest BCUT2D eigenvalue weighted by Gasteiger charge is -2.14. The van der Waals surface area contributed by atoms with Gasteiger partial charge in [-0.3, -0.25) is 14.2 Å². The molecule has 0 radical (unpaired) electrons. The van der Waals surface area contributed by atoms with Crippen LogP contribution in [-0.4, -0.2) is 34.7 Å². The van der Waals surface area contributed by atoms with Crippen molar-refractivity contribution in [3.8, 4) is 0 Å². The Morgan fingerprint density at radius 3 is 2.82 bits per heavy atom. The van der Waals surface area contributed by atoms with Crippen molar-refractivity contribution in [1.82, 2.24) is 14.6 Å². The average molecular weight is 235 g/mol. The van der Waals surface area contributed by atoms with Gasteiger partial charge >= 0.3 is 5.69 Å². The van der Waals surface area contributed by atoms with E-state index < -0.39 is 0 Å². The van der Waals surface area contributed by atoms with Gasteiger partial charge < -0.3 is 4.98 Å². The number of carbonyl (C=O) groups is 1. The van der Waals surface area contributed by atoms with Gasteiger partial charge in [0.15, 0.2) is 0 Å². The highest BCUT2D eigenvalue weighted by Gasteiger charge is 2.17. The predicted molar refractivity (Wildman–Crippen MR) is 62.6 cm³/mol. The molecular weight excluding hydrogens is 222 g/mol. The molecule has 6 heteroatoms. The highest BCUT2D eigenvalue weighted by atomic mass is 16.7. The Bertz CT molecular complexity index is 626. The number of nitrogens with zero attached hydrogens (tertiary/aromatic N) is 2. The third-order valence-corrected chi connectivity index (χ3v) is 2.71. The zero-order valence-corrected chi connectivity index (χ0v) is 9.85. The summed E-state index contributed by atoms with van der Waals surface area (Å²) in [7, 11) is 4.55. The van der Waals surface area contributed by atoms with Crippen LogP contribution in [-0.2, 0) is 11.9 Å². The molecule has 0 aliphatic rings. The third kappa shape index (κ3) is 1.72. The number of fused-ring (bicyclic) bond motifs is 1. The van der Waals surface area contributed by atoms with Crippen LogP contribution >= 0.6 is 0 Å². The molecule has 2 rings (SSSR count). The van der Waals surface area contributed by atoms with E-state index in [9.17, 15) is 9.59 Å². The fraction of sp³-hybridized carbons (Fsp3) is 0.273. The van der Waals surface area contributed by atoms with Gasteiger partial charge in [0.1, 0.15) is 0 Å². The fourth-order valence-corrected chi connectivity index (χ4v) is 1.73.